The third-order valence-electron chi connectivity index (χ3n) is 3.07. The molecule has 7 nitrogen and oxygen atoms in total. The molecule has 0 atom stereocenters. The number of halogens is 1. The quantitative estimate of drug-likeness (QED) is 0.703. The summed E-state index contributed by atoms with van der Waals surface area (Å²) in [6, 6.07) is 1.63. The van der Waals surface area contributed by atoms with Crippen LogP contribution in [0.1, 0.15) is 6.42 Å². The van der Waals surface area contributed by atoms with Gasteiger partial charge in [0.15, 0.2) is 0 Å². The van der Waals surface area contributed by atoms with Crippen molar-refractivity contribution in [3.05, 3.63) is 16.7 Å². The Morgan fingerprint density at radius 2 is 2.18 bits per heavy atom. The first-order valence-corrected chi connectivity index (χ1v) is 9.69. The molecule has 9 heteroatoms. The summed E-state index contributed by atoms with van der Waals surface area (Å²) in [5, 5.41) is 0. The van der Waals surface area contributed by atoms with Crippen LogP contribution in [0.15, 0.2) is 16.7 Å². The molecule has 1 aromatic rings. The van der Waals surface area contributed by atoms with Crippen molar-refractivity contribution in [1.29, 1.82) is 0 Å². The summed E-state index contributed by atoms with van der Waals surface area (Å²) in [6.45, 7) is 4.84. The minimum absolute atomic E-state index is 0.288. The lowest BCUT2D eigenvalue weighted by Gasteiger charge is -2.26. The average Bonchev–Trinajstić information content (AvgIpc) is 2.45. The monoisotopic (exact) mass is 393 g/mol. The average molecular weight is 394 g/mol. The van der Waals surface area contributed by atoms with Gasteiger partial charge in [-0.15, -0.1) is 0 Å². The molecule has 0 amide bonds. The van der Waals surface area contributed by atoms with Crippen LogP contribution in [0.3, 0.4) is 0 Å². The summed E-state index contributed by atoms with van der Waals surface area (Å²) in [5.41, 5.74) is 0.336. The summed E-state index contributed by atoms with van der Waals surface area (Å²) in [5.74, 6) is 0.288. The molecule has 0 spiro atoms. The number of ether oxygens (including phenoxy) is 2. The number of aromatic nitrogens is 1. The predicted octanol–water partition coefficient (Wildman–Crippen LogP) is 1.32. The topological polar surface area (TPSA) is 80.8 Å². The van der Waals surface area contributed by atoms with Crippen molar-refractivity contribution in [2.45, 2.75) is 6.42 Å². The second-order valence-corrected chi connectivity index (χ2v) is 7.70. The van der Waals surface area contributed by atoms with Crippen molar-refractivity contribution >= 4 is 31.6 Å². The van der Waals surface area contributed by atoms with Crippen LogP contribution >= 0.6 is 15.9 Å². The van der Waals surface area contributed by atoms with E-state index in [1.54, 1.807) is 12.3 Å². The van der Waals surface area contributed by atoms with E-state index in [4.69, 9.17) is 9.47 Å². The lowest BCUT2D eigenvalue weighted by Crippen LogP contribution is -2.37. The van der Waals surface area contributed by atoms with E-state index in [-0.39, 0.29) is 5.88 Å². The first-order valence-electron chi connectivity index (χ1n) is 7.00. The second kappa shape index (κ2) is 8.09. The van der Waals surface area contributed by atoms with Crippen molar-refractivity contribution in [1.82, 2.24) is 9.88 Å². The number of nitrogens with one attached hydrogen (secondary N) is 1. The Morgan fingerprint density at radius 3 is 2.86 bits per heavy atom. The van der Waals surface area contributed by atoms with Gasteiger partial charge >= 0.3 is 0 Å². The van der Waals surface area contributed by atoms with E-state index in [1.807, 2.05) is 0 Å². The molecule has 1 N–H and O–H groups in total. The molecule has 0 saturated carbocycles. The van der Waals surface area contributed by atoms with Gasteiger partial charge in [-0.25, -0.2) is 13.4 Å². The predicted molar refractivity (Wildman–Crippen MR) is 87.8 cm³/mol. The molecule has 0 unspecified atom stereocenters. The normalized spacial score (nSPS) is 16.5. The molecule has 1 saturated heterocycles. The smallest absolute Gasteiger partial charge is 0.238 e. The maximum Gasteiger partial charge on any atom is 0.238 e. The Labute approximate surface area is 139 Å². The second-order valence-electron chi connectivity index (χ2n) is 5.04. The number of nitrogens with zero attached hydrogens (tertiary/aromatic N) is 2. The van der Waals surface area contributed by atoms with Crippen molar-refractivity contribution in [3.8, 4) is 5.88 Å². The minimum atomic E-state index is -3.38. The molecule has 0 aliphatic carbocycles. The maximum absolute atomic E-state index is 11.4. The lowest BCUT2D eigenvalue weighted by molar-refractivity contribution is 0.0357. The van der Waals surface area contributed by atoms with Gasteiger partial charge in [-0.1, -0.05) is 0 Å². The molecule has 124 valence electrons. The molecule has 2 heterocycles. The zero-order valence-corrected chi connectivity index (χ0v) is 14.8. The van der Waals surface area contributed by atoms with Crippen LogP contribution in [0.25, 0.3) is 0 Å². The van der Waals surface area contributed by atoms with Gasteiger partial charge in [0.05, 0.1) is 26.1 Å². The van der Waals surface area contributed by atoms with Crippen LogP contribution in [0.4, 0.5) is 5.69 Å². The van der Waals surface area contributed by atoms with Gasteiger partial charge < -0.3 is 9.47 Å². The van der Waals surface area contributed by atoms with E-state index in [1.165, 1.54) is 0 Å². The van der Waals surface area contributed by atoms with Crippen molar-refractivity contribution in [2.75, 3.05) is 50.4 Å². The molecular formula is C13H20BrN3O4S. The van der Waals surface area contributed by atoms with E-state index >= 15 is 0 Å². The molecule has 1 aliphatic rings. The van der Waals surface area contributed by atoms with Crippen molar-refractivity contribution in [2.24, 2.45) is 0 Å². The van der Waals surface area contributed by atoms with Crippen LogP contribution in [-0.4, -0.2) is 64.0 Å². The van der Waals surface area contributed by atoms with Gasteiger partial charge in [0.25, 0.3) is 0 Å². The van der Waals surface area contributed by atoms with Gasteiger partial charge in [-0.2, -0.15) is 0 Å². The number of rotatable bonds is 7. The zero-order valence-electron chi connectivity index (χ0n) is 12.4. The Bertz CT molecular complexity index is 591. The summed E-state index contributed by atoms with van der Waals surface area (Å²) >= 11 is 3.27. The van der Waals surface area contributed by atoms with Crippen LogP contribution in [0.2, 0.25) is 0 Å². The fraction of sp³-hybridized carbons (Fsp3) is 0.615. The highest BCUT2D eigenvalue weighted by molar-refractivity contribution is 9.10. The van der Waals surface area contributed by atoms with E-state index in [0.717, 1.165) is 45.5 Å². The third-order valence-corrected chi connectivity index (χ3v) is 4.10. The molecule has 0 aromatic carbocycles. The molecule has 22 heavy (non-hydrogen) atoms. The van der Waals surface area contributed by atoms with Crippen LogP contribution in [0.5, 0.6) is 5.88 Å². The van der Waals surface area contributed by atoms with Gasteiger partial charge in [-0.05, 0) is 28.4 Å². The van der Waals surface area contributed by atoms with E-state index < -0.39 is 10.0 Å². The summed E-state index contributed by atoms with van der Waals surface area (Å²) < 4.78 is 36.7. The molecule has 0 radical (unpaired) electrons. The Hall–Kier alpha value is -0.900. The highest BCUT2D eigenvalue weighted by Gasteiger charge is 2.12. The zero-order chi connectivity index (χ0) is 16.0. The standard InChI is InChI=1S/C13H20BrN3O4S/c1-22(18,19)16-12-9-11(14)10-15-13(12)21-6-2-3-17-4-7-20-8-5-17/h9-10,16H,2-8H2,1H3. The first-order chi connectivity index (χ1) is 10.4. The van der Waals surface area contributed by atoms with Crippen LogP contribution < -0.4 is 9.46 Å². The number of hydrogen-bond acceptors (Lipinski definition) is 6. The Balaban J connectivity index is 1.86. The molecule has 1 aromatic heterocycles. The number of morpholine rings is 1. The Kier molecular flexibility index (Phi) is 6.42. The SMILES string of the molecule is CS(=O)(=O)Nc1cc(Br)cnc1OCCCN1CCOCC1. The van der Waals surface area contributed by atoms with Gasteiger partial charge in [-0.3, -0.25) is 9.62 Å². The maximum atomic E-state index is 11.4. The largest absolute Gasteiger partial charge is 0.476 e. The van der Waals surface area contributed by atoms with E-state index in [0.29, 0.717) is 16.8 Å². The summed E-state index contributed by atoms with van der Waals surface area (Å²) in [4.78, 5) is 6.43. The van der Waals surface area contributed by atoms with Crippen molar-refractivity contribution in [3.63, 3.8) is 0 Å². The summed E-state index contributed by atoms with van der Waals surface area (Å²) in [7, 11) is -3.38. The van der Waals surface area contributed by atoms with Crippen molar-refractivity contribution < 1.29 is 17.9 Å². The molecule has 0 bridgehead atoms. The number of sulfonamides is 1. The highest BCUT2D eigenvalue weighted by Crippen LogP contribution is 2.26. The molecular weight excluding hydrogens is 374 g/mol. The number of anilines is 1. The van der Waals surface area contributed by atoms with Gasteiger partial charge in [0.1, 0.15) is 5.69 Å². The molecule has 1 fully saturated rings. The lowest BCUT2D eigenvalue weighted by atomic mass is 10.3. The highest BCUT2D eigenvalue weighted by atomic mass is 79.9. The van der Waals surface area contributed by atoms with E-state index in [9.17, 15) is 8.42 Å². The first kappa shape index (κ1) is 17.5. The number of pyridine rings is 1. The van der Waals surface area contributed by atoms with Gasteiger partial charge in [0, 0.05) is 30.3 Å². The van der Waals surface area contributed by atoms with E-state index in [2.05, 4.69) is 30.5 Å². The molecule has 2 rings (SSSR count). The fourth-order valence-electron chi connectivity index (χ4n) is 2.10. The summed E-state index contributed by atoms with van der Waals surface area (Å²) in [6.07, 6.45) is 3.51. The van der Waals surface area contributed by atoms with Crippen LogP contribution in [-0.2, 0) is 14.8 Å². The third kappa shape index (κ3) is 6.07. The Morgan fingerprint density at radius 1 is 1.45 bits per heavy atom. The van der Waals surface area contributed by atoms with Gasteiger partial charge in [0.2, 0.25) is 15.9 Å². The van der Waals surface area contributed by atoms with Crippen LogP contribution in [0, 0.1) is 0 Å². The number of hydrogen-bond donors (Lipinski definition) is 1. The minimum Gasteiger partial charge on any atom is -0.476 e. The fourth-order valence-corrected chi connectivity index (χ4v) is 2.97. The molecule has 1 aliphatic heterocycles.